The van der Waals surface area contributed by atoms with Gasteiger partial charge in [0.2, 0.25) is 5.91 Å². The van der Waals surface area contributed by atoms with Crippen LogP contribution in [0.1, 0.15) is 33.3 Å². The zero-order valence-corrected chi connectivity index (χ0v) is 17.4. The molecule has 1 amide bonds. The summed E-state index contributed by atoms with van der Waals surface area (Å²) >= 11 is 1.31. The highest BCUT2D eigenvalue weighted by molar-refractivity contribution is 8.00. The monoisotopic (exact) mass is 395 g/mol. The Morgan fingerprint density at radius 2 is 1.75 bits per heavy atom. The van der Waals surface area contributed by atoms with Gasteiger partial charge in [-0.05, 0) is 45.4 Å². The Labute approximate surface area is 169 Å². The van der Waals surface area contributed by atoms with Crippen molar-refractivity contribution in [1.29, 1.82) is 0 Å². The molecule has 1 atom stereocenters. The summed E-state index contributed by atoms with van der Waals surface area (Å²) in [6.45, 7) is 8.08. The summed E-state index contributed by atoms with van der Waals surface area (Å²) in [5.74, 6) is -0.0776. The largest absolute Gasteiger partial charge is 0.351 e. The third kappa shape index (κ3) is 4.81. The van der Waals surface area contributed by atoms with E-state index in [0.717, 1.165) is 5.56 Å². The molecular weight excluding hydrogens is 370 g/mol. The number of nitrogens with one attached hydrogen (secondary N) is 1. The average Bonchev–Trinajstić information content (AvgIpc) is 2.64. The number of aromatic nitrogens is 2. The second kappa shape index (κ2) is 8.19. The first kappa shape index (κ1) is 20.1. The van der Waals surface area contributed by atoms with Crippen molar-refractivity contribution in [2.45, 2.75) is 50.2 Å². The van der Waals surface area contributed by atoms with Crippen LogP contribution >= 0.6 is 11.8 Å². The molecule has 0 radical (unpaired) electrons. The van der Waals surface area contributed by atoms with Crippen molar-refractivity contribution in [2.24, 2.45) is 0 Å². The SMILES string of the molecule is CC(Sc1nc2ccccc2c(=O)n1Cc1ccccc1)C(=O)NC(C)(C)C. The standard InChI is InChI=1S/C22H25N3O2S/c1-15(19(26)24-22(2,3)4)28-21-23-18-13-9-8-12-17(18)20(27)25(21)14-16-10-6-5-7-11-16/h5-13,15H,14H2,1-4H3,(H,24,26). The molecule has 0 bridgehead atoms. The Kier molecular flexibility index (Phi) is 5.89. The first-order valence-corrected chi connectivity index (χ1v) is 10.1. The third-order valence-corrected chi connectivity index (χ3v) is 5.25. The van der Waals surface area contributed by atoms with Crippen LogP contribution in [-0.2, 0) is 11.3 Å². The molecule has 146 valence electrons. The van der Waals surface area contributed by atoms with E-state index >= 15 is 0 Å². The van der Waals surface area contributed by atoms with Gasteiger partial charge in [0.05, 0.1) is 22.7 Å². The lowest BCUT2D eigenvalue weighted by atomic mass is 10.1. The second-order valence-electron chi connectivity index (χ2n) is 7.79. The molecular formula is C22H25N3O2S. The number of thioether (sulfide) groups is 1. The van der Waals surface area contributed by atoms with Gasteiger partial charge in [0.25, 0.3) is 5.56 Å². The van der Waals surface area contributed by atoms with E-state index in [1.165, 1.54) is 11.8 Å². The summed E-state index contributed by atoms with van der Waals surface area (Å²) < 4.78 is 1.66. The number of carbonyl (C=O) groups is 1. The summed E-state index contributed by atoms with van der Waals surface area (Å²) in [6.07, 6.45) is 0. The summed E-state index contributed by atoms with van der Waals surface area (Å²) in [4.78, 5) is 30.4. The van der Waals surface area contributed by atoms with Crippen molar-refractivity contribution in [3.63, 3.8) is 0 Å². The van der Waals surface area contributed by atoms with Gasteiger partial charge < -0.3 is 5.32 Å². The third-order valence-electron chi connectivity index (χ3n) is 4.16. The molecule has 0 saturated heterocycles. The molecule has 1 heterocycles. The quantitative estimate of drug-likeness (QED) is 0.527. The smallest absolute Gasteiger partial charge is 0.262 e. The molecule has 0 aliphatic heterocycles. The van der Waals surface area contributed by atoms with Gasteiger partial charge >= 0.3 is 0 Å². The van der Waals surface area contributed by atoms with Crippen LogP contribution in [0.2, 0.25) is 0 Å². The first-order valence-electron chi connectivity index (χ1n) is 9.27. The van der Waals surface area contributed by atoms with Gasteiger partial charge in [-0.25, -0.2) is 4.98 Å². The summed E-state index contributed by atoms with van der Waals surface area (Å²) in [5.41, 5.74) is 1.24. The van der Waals surface area contributed by atoms with Gasteiger partial charge in [-0.2, -0.15) is 0 Å². The molecule has 2 aromatic carbocycles. The zero-order valence-electron chi connectivity index (χ0n) is 16.6. The number of fused-ring (bicyclic) bond motifs is 1. The molecule has 1 aromatic heterocycles. The van der Waals surface area contributed by atoms with E-state index in [9.17, 15) is 9.59 Å². The number of nitrogens with zero attached hydrogens (tertiary/aromatic N) is 2. The van der Waals surface area contributed by atoms with Crippen molar-refractivity contribution >= 4 is 28.6 Å². The van der Waals surface area contributed by atoms with Crippen LogP contribution < -0.4 is 10.9 Å². The van der Waals surface area contributed by atoms with Crippen molar-refractivity contribution in [2.75, 3.05) is 0 Å². The van der Waals surface area contributed by atoms with Crippen LogP contribution in [0.4, 0.5) is 0 Å². The number of benzene rings is 2. The maximum absolute atomic E-state index is 13.1. The van der Waals surface area contributed by atoms with Crippen LogP contribution in [0.25, 0.3) is 10.9 Å². The van der Waals surface area contributed by atoms with Crippen molar-refractivity contribution in [3.05, 3.63) is 70.5 Å². The van der Waals surface area contributed by atoms with Gasteiger partial charge in [-0.15, -0.1) is 0 Å². The molecule has 6 heteroatoms. The predicted octanol–water partition coefficient (Wildman–Crippen LogP) is 3.84. The Morgan fingerprint density at radius 3 is 2.43 bits per heavy atom. The fourth-order valence-corrected chi connectivity index (χ4v) is 3.73. The molecule has 1 N–H and O–H groups in total. The second-order valence-corrected chi connectivity index (χ2v) is 9.10. The Balaban J connectivity index is 2.01. The van der Waals surface area contributed by atoms with Crippen molar-refractivity contribution in [1.82, 2.24) is 14.9 Å². The molecule has 3 rings (SSSR count). The van der Waals surface area contributed by atoms with Crippen LogP contribution in [0.15, 0.2) is 64.5 Å². The van der Waals surface area contributed by atoms with E-state index < -0.39 is 0 Å². The average molecular weight is 396 g/mol. The molecule has 3 aromatic rings. The van der Waals surface area contributed by atoms with Gasteiger partial charge in [-0.3, -0.25) is 14.2 Å². The van der Waals surface area contributed by atoms with Crippen molar-refractivity contribution in [3.8, 4) is 0 Å². The summed E-state index contributed by atoms with van der Waals surface area (Å²) in [6, 6.07) is 17.1. The predicted molar refractivity (Wildman–Crippen MR) is 115 cm³/mol. The number of para-hydroxylation sites is 1. The topological polar surface area (TPSA) is 64.0 Å². The lowest BCUT2D eigenvalue weighted by Crippen LogP contribution is -2.44. The summed E-state index contributed by atoms with van der Waals surface area (Å²) in [7, 11) is 0. The van der Waals surface area contributed by atoms with Gasteiger partial charge in [0.1, 0.15) is 0 Å². The Hall–Kier alpha value is -2.60. The van der Waals surface area contributed by atoms with E-state index in [4.69, 9.17) is 4.98 Å². The van der Waals surface area contributed by atoms with E-state index in [-0.39, 0.29) is 22.3 Å². The highest BCUT2D eigenvalue weighted by Crippen LogP contribution is 2.24. The molecule has 1 unspecified atom stereocenters. The fraction of sp³-hybridized carbons (Fsp3) is 0.318. The molecule has 0 saturated carbocycles. The zero-order chi connectivity index (χ0) is 20.3. The number of amides is 1. The Morgan fingerprint density at radius 1 is 1.11 bits per heavy atom. The summed E-state index contributed by atoms with van der Waals surface area (Å²) in [5, 5.41) is 3.73. The maximum Gasteiger partial charge on any atom is 0.262 e. The van der Waals surface area contributed by atoms with Crippen molar-refractivity contribution < 1.29 is 4.79 Å². The maximum atomic E-state index is 13.1. The molecule has 0 fully saturated rings. The van der Waals surface area contributed by atoms with E-state index in [0.29, 0.717) is 22.6 Å². The highest BCUT2D eigenvalue weighted by Gasteiger charge is 2.22. The number of hydrogen-bond acceptors (Lipinski definition) is 4. The van der Waals surface area contributed by atoms with Crippen LogP contribution in [0.5, 0.6) is 0 Å². The molecule has 0 aliphatic carbocycles. The van der Waals surface area contributed by atoms with Gasteiger partial charge in [-0.1, -0.05) is 54.2 Å². The van der Waals surface area contributed by atoms with E-state index in [1.807, 2.05) is 76.2 Å². The minimum Gasteiger partial charge on any atom is -0.351 e. The number of rotatable bonds is 5. The van der Waals surface area contributed by atoms with Gasteiger partial charge in [0, 0.05) is 5.54 Å². The molecule has 28 heavy (non-hydrogen) atoms. The van der Waals surface area contributed by atoms with Crippen LogP contribution in [-0.4, -0.2) is 26.2 Å². The minimum atomic E-state index is -0.380. The first-order chi connectivity index (χ1) is 13.2. The van der Waals surface area contributed by atoms with Crippen LogP contribution in [0, 0.1) is 0 Å². The van der Waals surface area contributed by atoms with E-state index in [1.54, 1.807) is 10.6 Å². The normalized spacial score (nSPS) is 12.7. The van der Waals surface area contributed by atoms with Crippen LogP contribution in [0.3, 0.4) is 0 Å². The molecule has 0 spiro atoms. The lowest BCUT2D eigenvalue weighted by Gasteiger charge is -2.23. The van der Waals surface area contributed by atoms with E-state index in [2.05, 4.69) is 5.32 Å². The number of hydrogen-bond donors (Lipinski definition) is 1. The fourth-order valence-electron chi connectivity index (χ4n) is 2.83. The minimum absolute atomic E-state index is 0.0776. The molecule has 5 nitrogen and oxygen atoms in total. The number of carbonyl (C=O) groups excluding carboxylic acids is 1. The lowest BCUT2D eigenvalue weighted by molar-refractivity contribution is -0.121. The highest BCUT2D eigenvalue weighted by atomic mass is 32.2. The Bertz CT molecular complexity index is 1040. The van der Waals surface area contributed by atoms with Gasteiger partial charge in [0.15, 0.2) is 5.16 Å². The molecule has 0 aliphatic rings.